The maximum absolute atomic E-state index is 11.5. The Hall–Kier alpha value is -1.69. The Morgan fingerprint density at radius 3 is 3.11 bits per heavy atom. The van der Waals surface area contributed by atoms with E-state index >= 15 is 0 Å². The molecule has 1 unspecified atom stereocenters. The van der Waals surface area contributed by atoms with E-state index in [4.69, 9.17) is 22.7 Å². The Morgan fingerprint density at radius 1 is 1.67 bits per heavy atom. The van der Waals surface area contributed by atoms with Gasteiger partial charge < -0.3 is 15.4 Å². The molecule has 0 aromatic carbocycles. The fraction of sp³-hybridized carbons (Fsp3) is 0.417. The quantitative estimate of drug-likeness (QED) is 0.641. The fourth-order valence-electron chi connectivity index (χ4n) is 2.15. The van der Waals surface area contributed by atoms with Crippen LogP contribution in [0.4, 0.5) is 5.82 Å². The monoisotopic (exact) mass is 265 g/mol. The average molecular weight is 265 g/mol. The van der Waals surface area contributed by atoms with Crippen LogP contribution in [0.2, 0.25) is 0 Å². The summed E-state index contributed by atoms with van der Waals surface area (Å²) in [5.41, 5.74) is 6.42. The van der Waals surface area contributed by atoms with Crippen LogP contribution in [0.1, 0.15) is 12.0 Å². The first-order valence-corrected chi connectivity index (χ1v) is 6.12. The molecule has 1 aromatic heterocycles. The molecule has 0 spiro atoms. The fourth-order valence-corrected chi connectivity index (χ4v) is 2.31. The van der Waals surface area contributed by atoms with Gasteiger partial charge in [-0.1, -0.05) is 12.2 Å². The van der Waals surface area contributed by atoms with Crippen molar-refractivity contribution in [3.8, 4) is 0 Å². The summed E-state index contributed by atoms with van der Waals surface area (Å²) in [6.07, 6.45) is 2.46. The van der Waals surface area contributed by atoms with Crippen molar-refractivity contribution in [1.29, 1.82) is 0 Å². The SMILES string of the molecule is COC(=O)C1CCN(c2ncccc2C(N)=S)C1. The number of rotatable bonds is 3. The minimum atomic E-state index is -0.176. The number of thiocarbonyl (C=S) groups is 1. The van der Waals surface area contributed by atoms with E-state index in [0.29, 0.717) is 11.5 Å². The van der Waals surface area contributed by atoms with Gasteiger partial charge in [0.05, 0.1) is 18.6 Å². The molecular formula is C12H15N3O2S. The lowest BCUT2D eigenvalue weighted by Gasteiger charge is -2.19. The molecule has 2 N–H and O–H groups in total. The molecule has 2 heterocycles. The van der Waals surface area contributed by atoms with Crippen molar-refractivity contribution < 1.29 is 9.53 Å². The smallest absolute Gasteiger partial charge is 0.310 e. The molecule has 1 aliphatic heterocycles. The zero-order valence-corrected chi connectivity index (χ0v) is 10.9. The molecule has 96 valence electrons. The van der Waals surface area contributed by atoms with Gasteiger partial charge in [-0.05, 0) is 18.6 Å². The van der Waals surface area contributed by atoms with Gasteiger partial charge >= 0.3 is 5.97 Å². The van der Waals surface area contributed by atoms with E-state index in [9.17, 15) is 4.79 Å². The van der Waals surface area contributed by atoms with Crippen LogP contribution in [0.5, 0.6) is 0 Å². The van der Waals surface area contributed by atoms with Gasteiger partial charge in [-0.15, -0.1) is 0 Å². The molecule has 2 rings (SSSR count). The molecule has 1 atom stereocenters. The third-order valence-corrected chi connectivity index (χ3v) is 3.29. The van der Waals surface area contributed by atoms with E-state index in [1.807, 2.05) is 11.0 Å². The van der Waals surface area contributed by atoms with Crippen molar-refractivity contribution >= 4 is 29.0 Å². The summed E-state index contributed by atoms with van der Waals surface area (Å²) in [5.74, 6) is 0.470. The number of hydrogen-bond donors (Lipinski definition) is 1. The predicted octanol–water partition coefficient (Wildman–Crippen LogP) is 0.715. The Labute approximate surface area is 111 Å². The van der Waals surface area contributed by atoms with Gasteiger partial charge in [-0.25, -0.2) is 4.98 Å². The van der Waals surface area contributed by atoms with Gasteiger partial charge in [0, 0.05) is 19.3 Å². The van der Waals surface area contributed by atoms with E-state index in [2.05, 4.69) is 4.98 Å². The highest BCUT2D eigenvalue weighted by atomic mass is 32.1. The van der Waals surface area contributed by atoms with Gasteiger partial charge in [0.15, 0.2) is 0 Å². The molecule has 1 fully saturated rings. The van der Waals surface area contributed by atoms with Crippen LogP contribution in [-0.4, -0.2) is 36.1 Å². The molecular weight excluding hydrogens is 250 g/mol. The number of anilines is 1. The summed E-state index contributed by atoms with van der Waals surface area (Å²) in [7, 11) is 1.41. The normalized spacial score (nSPS) is 18.7. The highest BCUT2D eigenvalue weighted by molar-refractivity contribution is 7.80. The number of aromatic nitrogens is 1. The van der Waals surface area contributed by atoms with Crippen LogP contribution < -0.4 is 10.6 Å². The van der Waals surface area contributed by atoms with Crippen LogP contribution >= 0.6 is 12.2 Å². The Morgan fingerprint density at radius 2 is 2.44 bits per heavy atom. The first-order chi connectivity index (χ1) is 8.63. The third kappa shape index (κ3) is 2.43. The molecule has 1 aliphatic rings. The number of nitrogens with zero attached hydrogens (tertiary/aromatic N) is 2. The van der Waals surface area contributed by atoms with Crippen molar-refractivity contribution in [2.75, 3.05) is 25.1 Å². The van der Waals surface area contributed by atoms with E-state index in [-0.39, 0.29) is 11.9 Å². The highest BCUT2D eigenvalue weighted by Gasteiger charge is 2.30. The van der Waals surface area contributed by atoms with Crippen LogP contribution in [0, 0.1) is 5.92 Å². The van der Waals surface area contributed by atoms with Crippen LogP contribution in [0.3, 0.4) is 0 Å². The van der Waals surface area contributed by atoms with Crippen LogP contribution in [0.25, 0.3) is 0 Å². The minimum absolute atomic E-state index is 0.101. The van der Waals surface area contributed by atoms with E-state index < -0.39 is 0 Å². The maximum Gasteiger partial charge on any atom is 0.310 e. The Balaban J connectivity index is 2.19. The molecule has 0 saturated carbocycles. The van der Waals surface area contributed by atoms with Crippen molar-refractivity contribution in [1.82, 2.24) is 4.98 Å². The number of carbonyl (C=O) groups excluding carboxylic acids is 1. The summed E-state index contributed by atoms with van der Waals surface area (Å²) < 4.78 is 4.76. The van der Waals surface area contributed by atoms with E-state index in [1.54, 1.807) is 12.3 Å². The van der Waals surface area contributed by atoms with Gasteiger partial charge in [-0.3, -0.25) is 4.79 Å². The first-order valence-electron chi connectivity index (χ1n) is 5.71. The summed E-state index contributed by atoms with van der Waals surface area (Å²) in [4.78, 5) is 18.1. The number of ether oxygens (including phenoxy) is 1. The van der Waals surface area contributed by atoms with Crippen LogP contribution in [0.15, 0.2) is 18.3 Å². The number of pyridine rings is 1. The topological polar surface area (TPSA) is 68.5 Å². The summed E-state index contributed by atoms with van der Waals surface area (Å²) in [5, 5.41) is 0. The molecule has 18 heavy (non-hydrogen) atoms. The standard InChI is InChI=1S/C12H15N3O2S/c1-17-12(16)8-4-6-15(7-8)11-9(10(13)18)3-2-5-14-11/h2-3,5,8H,4,6-7H2,1H3,(H2,13,18). The summed E-state index contributed by atoms with van der Waals surface area (Å²) >= 11 is 5.01. The number of carbonyl (C=O) groups is 1. The Bertz CT molecular complexity index is 478. The second kappa shape index (κ2) is 5.30. The molecule has 5 nitrogen and oxygen atoms in total. The maximum atomic E-state index is 11.5. The third-order valence-electron chi connectivity index (χ3n) is 3.07. The Kier molecular flexibility index (Phi) is 3.76. The molecule has 0 radical (unpaired) electrons. The molecule has 1 saturated heterocycles. The van der Waals surface area contributed by atoms with Gasteiger partial charge in [-0.2, -0.15) is 0 Å². The molecule has 0 bridgehead atoms. The van der Waals surface area contributed by atoms with E-state index in [0.717, 1.165) is 24.3 Å². The van der Waals surface area contributed by atoms with E-state index in [1.165, 1.54) is 7.11 Å². The summed E-state index contributed by atoms with van der Waals surface area (Å²) in [6.45, 7) is 1.35. The van der Waals surface area contributed by atoms with Crippen LogP contribution in [-0.2, 0) is 9.53 Å². The number of esters is 1. The van der Waals surface area contributed by atoms with Crippen molar-refractivity contribution in [2.24, 2.45) is 11.7 Å². The van der Waals surface area contributed by atoms with Crippen molar-refractivity contribution in [3.63, 3.8) is 0 Å². The second-order valence-electron chi connectivity index (χ2n) is 4.19. The molecule has 6 heteroatoms. The molecule has 0 amide bonds. The van der Waals surface area contributed by atoms with Gasteiger partial charge in [0.1, 0.15) is 10.8 Å². The molecule has 1 aromatic rings. The second-order valence-corrected chi connectivity index (χ2v) is 4.63. The highest BCUT2D eigenvalue weighted by Crippen LogP contribution is 2.25. The largest absolute Gasteiger partial charge is 0.469 e. The lowest BCUT2D eigenvalue weighted by atomic mass is 10.1. The number of nitrogens with two attached hydrogens (primary N) is 1. The van der Waals surface area contributed by atoms with Gasteiger partial charge in [0.2, 0.25) is 0 Å². The first kappa shape index (κ1) is 12.8. The zero-order chi connectivity index (χ0) is 13.1. The lowest BCUT2D eigenvalue weighted by molar-refractivity contribution is -0.144. The van der Waals surface area contributed by atoms with Crippen molar-refractivity contribution in [3.05, 3.63) is 23.9 Å². The number of hydrogen-bond acceptors (Lipinski definition) is 5. The van der Waals surface area contributed by atoms with Gasteiger partial charge in [0.25, 0.3) is 0 Å². The summed E-state index contributed by atoms with van der Waals surface area (Å²) in [6, 6.07) is 3.64. The molecule has 0 aliphatic carbocycles. The minimum Gasteiger partial charge on any atom is -0.469 e. The zero-order valence-electron chi connectivity index (χ0n) is 10.1. The number of methoxy groups -OCH3 is 1. The van der Waals surface area contributed by atoms with Crippen molar-refractivity contribution in [2.45, 2.75) is 6.42 Å². The average Bonchev–Trinajstić information content (AvgIpc) is 2.87. The predicted molar refractivity (Wildman–Crippen MR) is 72.5 cm³/mol. The lowest BCUT2D eigenvalue weighted by Crippen LogP contribution is -2.26.